The highest BCUT2D eigenvalue weighted by molar-refractivity contribution is 7.89. The van der Waals surface area contributed by atoms with Crippen LogP contribution in [0.5, 0.6) is 0 Å². The van der Waals surface area contributed by atoms with Gasteiger partial charge < -0.3 is 10.2 Å². The normalized spacial score (nSPS) is 12.8. The highest BCUT2D eigenvalue weighted by Gasteiger charge is 2.21. The lowest BCUT2D eigenvalue weighted by molar-refractivity contribution is -0.384. The fraction of sp³-hybridized carbons (Fsp3) is 0.333. The molecule has 0 aromatic heterocycles. The number of nitrogens with one attached hydrogen (secondary N) is 1. The van der Waals surface area contributed by atoms with E-state index in [0.717, 1.165) is 18.1 Å². The van der Waals surface area contributed by atoms with Crippen LogP contribution in [0.3, 0.4) is 0 Å². The van der Waals surface area contributed by atoms with Crippen molar-refractivity contribution in [1.29, 1.82) is 0 Å². The number of likely N-dealkylation sites (N-methyl/N-ethyl adjacent to an activating group) is 1. The maximum atomic E-state index is 11.4. The van der Waals surface area contributed by atoms with Crippen LogP contribution in [0.2, 0.25) is 0 Å². The first-order valence-corrected chi connectivity index (χ1v) is 9.98. The van der Waals surface area contributed by atoms with E-state index in [1.54, 1.807) is 0 Å². The van der Waals surface area contributed by atoms with Crippen LogP contribution in [0, 0.1) is 10.1 Å². The molecule has 0 bridgehead atoms. The van der Waals surface area contributed by atoms with Crippen molar-refractivity contribution >= 4 is 21.4 Å². The number of nitrogens with two attached hydrogens (primary N) is 1. The van der Waals surface area contributed by atoms with E-state index in [1.165, 1.54) is 17.7 Å². The van der Waals surface area contributed by atoms with Gasteiger partial charge in [-0.05, 0) is 43.8 Å². The fourth-order valence-corrected chi connectivity index (χ4v) is 3.30. The molecule has 0 radical (unpaired) electrons. The minimum Gasteiger partial charge on any atom is -0.378 e. The first kappa shape index (κ1) is 20.8. The van der Waals surface area contributed by atoms with Crippen LogP contribution >= 0.6 is 0 Å². The van der Waals surface area contributed by atoms with Crippen molar-refractivity contribution in [1.82, 2.24) is 4.90 Å². The van der Waals surface area contributed by atoms with Gasteiger partial charge in [0.05, 0.1) is 15.9 Å². The Labute approximate surface area is 159 Å². The molecule has 0 aliphatic rings. The molecule has 9 heteroatoms. The summed E-state index contributed by atoms with van der Waals surface area (Å²) in [5, 5.41) is 19.5. The standard InChI is InChI=1S/C18H24N4O4S/c1-4-13-5-7-14(8-6-13)18(21(2)3)12-20-16-10-9-15(27(19,25)26)11-17(16)22(23)24/h5-11,18,20H,4,12H2,1-3H3,(H2,19,25,26). The van der Waals surface area contributed by atoms with Crippen LogP contribution in [-0.2, 0) is 16.4 Å². The van der Waals surface area contributed by atoms with Crippen LogP contribution in [0.1, 0.15) is 24.1 Å². The van der Waals surface area contributed by atoms with Gasteiger partial charge in [-0.1, -0.05) is 31.2 Å². The SMILES string of the molecule is CCc1ccc(C(CNc2ccc(S(N)(=O)=O)cc2[N+](=O)[O-])N(C)C)cc1. The zero-order valence-electron chi connectivity index (χ0n) is 15.5. The number of nitro benzene ring substituents is 1. The number of primary sulfonamides is 1. The summed E-state index contributed by atoms with van der Waals surface area (Å²) < 4.78 is 22.9. The van der Waals surface area contributed by atoms with E-state index in [1.807, 2.05) is 31.1 Å². The quantitative estimate of drug-likeness (QED) is 0.526. The van der Waals surface area contributed by atoms with Crippen LogP contribution in [0.4, 0.5) is 11.4 Å². The first-order chi connectivity index (χ1) is 12.6. The lowest BCUT2D eigenvalue weighted by Crippen LogP contribution is -2.27. The van der Waals surface area contributed by atoms with E-state index >= 15 is 0 Å². The summed E-state index contributed by atoms with van der Waals surface area (Å²) in [4.78, 5) is 12.4. The number of sulfonamides is 1. The second-order valence-electron chi connectivity index (χ2n) is 6.44. The van der Waals surface area contributed by atoms with Crippen molar-refractivity contribution in [2.75, 3.05) is 26.0 Å². The minimum absolute atomic E-state index is 0.0200. The highest BCUT2D eigenvalue weighted by Crippen LogP contribution is 2.28. The van der Waals surface area contributed by atoms with Gasteiger partial charge in [-0.25, -0.2) is 13.6 Å². The monoisotopic (exact) mass is 392 g/mol. The molecular weight excluding hydrogens is 368 g/mol. The predicted octanol–water partition coefficient (Wildman–Crippen LogP) is 2.52. The summed E-state index contributed by atoms with van der Waals surface area (Å²) in [5.41, 5.74) is 2.22. The molecular formula is C18H24N4O4S. The molecule has 0 saturated heterocycles. The molecule has 0 fully saturated rings. The number of hydrogen-bond acceptors (Lipinski definition) is 6. The van der Waals surface area contributed by atoms with Gasteiger partial charge >= 0.3 is 0 Å². The summed E-state index contributed by atoms with van der Waals surface area (Å²) in [5.74, 6) is 0. The summed E-state index contributed by atoms with van der Waals surface area (Å²) in [7, 11) is -0.152. The maximum Gasteiger partial charge on any atom is 0.293 e. The Balaban J connectivity index is 2.27. The van der Waals surface area contributed by atoms with Gasteiger partial charge in [0.15, 0.2) is 0 Å². The molecule has 0 amide bonds. The van der Waals surface area contributed by atoms with E-state index < -0.39 is 14.9 Å². The number of aryl methyl sites for hydroxylation is 1. The Hall–Kier alpha value is -2.49. The van der Waals surface area contributed by atoms with E-state index in [0.29, 0.717) is 6.54 Å². The van der Waals surface area contributed by atoms with E-state index in [-0.39, 0.29) is 22.3 Å². The predicted molar refractivity (Wildman–Crippen MR) is 105 cm³/mol. The van der Waals surface area contributed by atoms with Gasteiger partial charge in [-0.15, -0.1) is 0 Å². The largest absolute Gasteiger partial charge is 0.378 e. The molecule has 0 aliphatic carbocycles. The number of benzene rings is 2. The third-order valence-electron chi connectivity index (χ3n) is 4.38. The van der Waals surface area contributed by atoms with E-state index in [4.69, 9.17) is 5.14 Å². The average molecular weight is 392 g/mol. The van der Waals surface area contributed by atoms with Gasteiger partial charge in [-0.3, -0.25) is 10.1 Å². The summed E-state index contributed by atoms with van der Waals surface area (Å²) >= 11 is 0. The Morgan fingerprint density at radius 3 is 2.30 bits per heavy atom. The van der Waals surface area contributed by atoms with Gasteiger partial charge in [0, 0.05) is 12.6 Å². The molecule has 1 atom stereocenters. The van der Waals surface area contributed by atoms with Crippen molar-refractivity contribution < 1.29 is 13.3 Å². The highest BCUT2D eigenvalue weighted by atomic mass is 32.2. The van der Waals surface area contributed by atoms with Crippen LogP contribution < -0.4 is 10.5 Å². The molecule has 0 spiro atoms. The molecule has 0 heterocycles. The Morgan fingerprint density at radius 1 is 1.19 bits per heavy atom. The zero-order chi connectivity index (χ0) is 20.2. The Bertz CT molecular complexity index is 911. The van der Waals surface area contributed by atoms with Crippen LogP contribution in [-0.4, -0.2) is 38.9 Å². The number of nitrogens with zero attached hydrogens (tertiary/aromatic N) is 2. The molecule has 27 heavy (non-hydrogen) atoms. The third kappa shape index (κ3) is 5.25. The molecule has 2 rings (SSSR count). The lowest BCUT2D eigenvalue weighted by atomic mass is 10.0. The smallest absolute Gasteiger partial charge is 0.293 e. The summed E-state index contributed by atoms with van der Waals surface area (Å²) in [6, 6.07) is 11.8. The average Bonchev–Trinajstić information content (AvgIpc) is 2.61. The second kappa shape index (κ2) is 8.47. The van der Waals surface area contributed by atoms with Crippen LogP contribution in [0.25, 0.3) is 0 Å². The first-order valence-electron chi connectivity index (χ1n) is 8.44. The third-order valence-corrected chi connectivity index (χ3v) is 5.29. The van der Waals surface area contributed by atoms with Gasteiger partial charge in [-0.2, -0.15) is 0 Å². The zero-order valence-corrected chi connectivity index (χ0v) is 16.4. The van der Waals surface area contributed by atoms with E-state index in [9.17, 15) is 18.5 Å². The molecule has 0 saturated carbocycles. The number of rotatable bonds is 8. The summed E-state index contributed by atoms with van der Waals surface area (Å²) in [6.45, 7) is 2.50. The number of nitro groups is 1. The van der Waals surface area contributed by atoms with Crippen molar-refractivity contribution in [2.45, 2.75) is 24.3 Å². The minimum atomic E-state index is -4.01. The Morgan fingerprint density at radius 2 is 1.81 bits per heavy atom. The van der Waals surface area contributed by atoms with Crippen molar-refractivity contribution in [3.63, 3.8) is 0 Å². The molecule has 2 aromatic rings. The topological polar surface area (TPSA) is 119 Å². The number of hydrogen-bond donors (Lipinski definition) is 2. The van der Waals surface area contributed by atoms with Crippen molar-refractivity contribution in [3.05, 3.63) is 63.7 Å². The molecule has 3 N–H and O–H groups in total. The maximum absolute atomic E-state index is 11.4. The van der Waals surface area contributed by atoms with Crippen LogP contribution in [0.15, 0.2) is 47.4 Å². The molecule has 2 aromatic carbocycles. The number of anilines is 1. The molecule has 1 unspecified atom stereocenters. The summed E-state index contributed by atoms with van der Waals surface area (Å²) in [6.07, 6.45) is 0.952. The fourth-order valence-electron chi connectivity index (χ4n) is 2.77. The second-order valence-corrected chi connectivity index (χ2v) is 8.00. The van der Waals surface area contributed by atoms with Gasteiger partial charge in [0.1, 0.15) is 5.69 Å². The lowest BCUT2D eigenvalue weighted by Gasteiger charge is -2.25. The Kier molecular flexibility index (Phi) is 6.53. The molecule has 8 nitrogen and oxygen atoms in total. The van der Waals surface area contributed by atoms with Crippen molar-refractivity contribution in [2.24, 2.45) is 5.14 Å². The van der Waals surface area contributed by atoms with Gasteiger partial charge in [0.2, 0.25) is 10.0 Å². The molecule has 0 aliphatic heterocycles. The van der Waals surface area contributed by atoms with E-state index in [2.05, 4.69) is 24.4 Å². The van der Waals surface area contributed by atoms with Gasteiger partial charge in [0.25, 0.3) is 5.69 Å². The van der Waals surface area contributed by atoms with Crippen molar-refractivity contribution in [3.8, 4) is 0 Å². The molecule has 146 valence electrons.